The van der Waals surface area contributed by atoms with Gasteiger partial charge in [-0.1, -0.05) is 34.6 Å². The zero-order valence-electron chi connectivity index (χ0n) is 17.7. The highest BCUT2D eigenvalue weighted by Crippen LogP contribution is 2.36. The van der Waals surface area contributed by atoms with Crippen LogP contribution in [0.3, 0.4) is 0 Å². The standard InChI is InChI=1S/C22H22F3N5O2S/c1-14-18(29-32-28-14)11-27-21(31)19-10-16(33-20-8-4-5-9-26-20)13-30(19)12-15-6-2-3-7-17(15)22(23,24)25/h2-9,16,19H,10-13H2,1H3,(H,27,31)/t16-,19-/m0/s1. The number of amides is 1. The van der Waals surface area contributed by atoms with Gasteiger partial charge in [-0.25, -0.2) is 9.61 Å². The van der Waals surface area contributed by atoms with E-state index in [-0.39, 0.29) is 29.8 Å². The average molecular weight is 478 g/mol. The fourth-order valence-corrected chi connectivity index (χ4v) is 5.00. The third kappa shape index (κ3) is 5.72. The number of benzene rings is 1. The van der Waals surface area contributed by atoms with Gasteiger partial charge in [-0.2, -0.15) is 13.2 Å². The fraction of sp³-hybridized carbons (Fsp3) is 0.364. The molecule has 3 heterocycles. The van der Waals surface area contributed by atoms with E-state index in [1.165, 1.54) is 23.9 Å². The van der Waals surface area contributed by atoms with Crippen molar-refractivity contribution in [2.75, 3.05) is 6.54 Å². The minimum absolute atomic E-state index is 0.00384. The van der Waals surface area contributed by atoms with E-state index in [4.69, 9.17) is 0 Å². The molecule has 1 aliphatic heterocycles. The van der Waals surface area contributed by atoms with E-state index in [0.29, 0.717) is 24.4 Å². The summed E-state index contributed by atoms with van der Waals surface area (Å²) in [6.45, 7) is 2.32. The Balaban J connectivity index is 1.52. The zero-order chi connectivity index (χ0) is 23.4. The molecule has 0 spiro atoms. The average Bonchev–Trinajstić information content (AvgIpc) is 3.38. The molecule has 0 bridgehead atoms. The van der Waals surface area contributed by atoms with E-state index >= 15 is 0 Å². The molecule has 2 aromatic heterocycles. The lowest BCUT2D eigenvalue weighted by Crippen LogP contribution is -2.42. The Morgan fingerprint density at radius 1 is 1.21 bits per heavy atom. The summed E-state index contributed by atoms with van der Waals surface area (Å²) in [5.41, 5.74) is 0.535. The summed E-state index contributed by atoms with van der Waals surface area (Å²) in [6, 6.07) is 10.5. The van der Waals surface area contributed by atoms with Gasteiger partial charge in [0.15, 0.2) is 0 Å². The van der Waals surface area contributed by atoms with Crippen LogP contribution in [-0.2, 0) is 24.1 Å². The maximum absolute atomic E-state index is 13.5. The highest BCUT2D eigenvalue weighted by molar-refractivity contribution is 7.99. The number of thioether (sulfide) groups is 1. The number of hydrogen-bond acceptors (Lipinski definition) is 7. The summed E-state index contributed by atoms with van der Waals surface area (Å²) in [5.74, 6) is -0.272. The summed E-state index contributed by atoms with van der Waals surface area (Å²) in [7, 11) is 0. The van der Waals surface area contributed by atoms with Crippen LogP contribution in [0.5, 0.6) is 0 Å². The van der Waals surface area contributed by atoms with Crippen molar-refractivity contribution in [2.24, 2.45) is 0 Å². The Bertz CT molecular complexity index is 1090. The van der Waals surface area contributed by atoms with Crippen LogP contribution in [0.1, 0.15) is 28.9 Å². The Morgan fingerprint density at radius 3 is 2.70 bits per heavy atom. The lowest BCUT2D eigenvalue weighted by atomic mass is 10.1. The van der Waals surface area contributed by atoms with Crippen molar-refractivity contribution in [1.29, 1.82) is 0 Å². The zero-order valence-corrected chi connectivity index (χ0v) is 18.6. The van der Waals surface area contributed by atoms with E-state index in [1.807, 2.05) is 18.2 Å². The first-order chi connectivity index (χ1) is 15.8. The Hall–Kier alpha value is -2.92. The van der Waals surface area contributed by atoms with Gasteiger partial charge in [0.05, 0.1) is 23.2 Å². The molecule has 1 saturated heterocycles. The van der Waals surface area contributed by atoms with Gasteiger partial charge in [-0.3, -0.25) is 9.69 Å². The van der Waals surface area contributed by atoms with Crippen molar-refractivity contribution < 1.29 is 22.6 Å². The number of rotatable bonds is 7. The summed E-state index contributed by atoms with van der Waals surface area (Å²) in [6.07, 6.45) is -2.29. The van der Waals surface area contributed by atoms with Gasteiger partial charge in [0.1, 0.15) is 11.4 Å². The number of likely N-dealkylation sites (tertiary alicyclic amines) is 1. The summed E-state index contributed by atoms with van der Waals surface area (Å²) < 4.78 is 45.2. The van der Waals surface area contributed by atoms with Crippen LogP contribution >= 0.6 is 11.8 Å². The van der Waals surface area contributed by atoms with Gasteiger partial charge < -0.3 is 5.32 Å². The van der Waals surface area contributed by atoms with Crippen molar-refractivity contribution in [3.8, 4) is 0 Å². The molecule has 0 radical (unpaired) electrons. The minimum Gasteiger partial charge on any atom is -0.349 e. The van der Waals surface area contributed by atoms with Crippen molar-refractivity contribution in [2.45, 2.75) is 48.9 Å². The molecule has 1 fully saturated rings. The maximum Gasteiger partial charge on any atom is 0.416 e. The normalized spacial score (nSPS) is 19.0. The molecule has 0 aliphatic carbocycles. The lowest BCUT2D eigenvalue weighted by Gasteiger charge is -2.25. The number of alkyl halides is 3. The number of hydrogen-bond donors (Lipinski definition) is 1. The Kier molecular flexibility index (Phi) is 6.99. The van der Waals surface area contributed by atoms with E-state index in [9.17, 15) is 18.0 Å². The molecule has 3 aromatic rings. The molecular formula is C22H22F3N5O2S. The SMILES string of the molecule is Cc1nonc1CNC(=O)[C@@H]1C[C@H](Sc2ccccn2)CN1Cc1ccccc1C(F)(F)F. The number of halogens is 3. The largest absolute Gasteiger partial charge is 0.416 e. The number of aromatic nitrogens is 3. The molecule has 174 valence electrons. The molecule has 1 N–H and O–H groups in total. The van der Waals surface area contributed by atoms with Crippen LogP contribution in [0.25, 0.3) is 0 Å². The number of carbonyl (C=O) groups excluding carboxylic acids is 1. The molecular weight excluding hydrogens is 455 g/mol. The van der Waals surface area contributed by atoms with E-state index < -0.39 is 17.8 Å². The molecule has 1 aliphatic rings. The summed E-state index contributed by atoms with van der Waals surface area (Å²) in [4.78, 5) is 19.2. The summed E-state index contributed by atoms with van der Waals surface area (Å²) >= 11 is 1.52. The Labute approximate surface area is 192 Å². The molecule has 4 rings (SSSR count). The van der Waals surface area contributed by atoms with Gasteiger partial charge in [0.2, 0.25) is 5.91 Å². The number of nitrogens with one attached hydrogen (secondary N) is 1. The third-order valence-corrected chi connectivity index (χ3v) is 6.62. The fourth-order valence-electron chi connectivity index (χ4n) is 3.83. The molecule has 33 heavy (non-hydrogen) atoms. The second kappa shape index (κ2) is 9.92. The maximum atomic E-state index is 13.5. The number of pyridine rings is 1. The first kappa shape index (κ1) is 23.2. The highest BCUT2D eigenvalue weighted by Gasteiger charge is 2.39. The van der Waals surface area contributed by atoms with Crippen LogP contribution in [0.2, 0.25) is 0 Å². The molecule has 1 aromatic carbocycles. The molecule has 1 amide bonds. The van der Waals surface area contributed by atoms with Gasteiger partial charge in [-0.15, -0.1) is 11.8 Å². The smallest absolute Gasteiger partial charge is 0.349 e. The predicted octanol–water partition coefficient (Wildman–Crippen LogP) is 3.84. The lowest BCUT2D eigenvalue weighted by molar-refractivity contribution is -0.138. The van der Waals surface area contributed by atoms with Crippen LogP contribution in [-0.4, -0.2) is 43.9 Å². The monoisotopic (exact) mass is 477 g/mol. The van der Waals surface area contributed by atoms with Crippen molar-refractivity contribution in [3.63, 3.8) is 0 Å². The van der Waals surface area contributed by atoms with Gasteiger partial charge in [0.25, 0.3) is 0 Å². The van der Waals surface area contributed by atoms with Gasteiger partial charge in [-0.05, 0) is 37.1 Å². The van der Waals surface area contributed by atoms with Crippen molar-refractivity contribution in [3.05, 3.63) is 71.2 Å². The number of carbonyl (C=O) groups is 1. The van der Waals surface area contributed by atoms with Crippen LogP contribution in [0.4, 0.5) is 13.2 Å². The Morgan fingerprint density at radius 2 is 2.00 bits per heavy atom. The van der Waals surface area contributed by atoms with E-state index in [0.717, 1.165) is 11.1 Å². The first-order valence-electron chi connectivity index (χ1n) is 10.3. The molecule has 0 unspecified atom stereocenters. The number of aryl methyl sites for hydroxylation is 1. The van der Waals surface area contributed by atoms with Crippen LogP contribution < -0.4 is 5.32 Å². The van der Waals surface area contributed by atoms with Crippen LogP contribution in [0, 0.1) is 6.92 Å². The summed E-state index contributed by atoms with van der Waals surface area (Å²) in [5, 5.41) is 11.1. The molecule has 2 atom stereocenters. The first-order valence-corrected chi connectivity index (χ1v) is 11.2. The van der Waals surface area contributed by atoms with Gasteiger partial charge in [0, 0.05) is 24.5 Å². The molecule has 7 nitrogen and oxygen atoms in total. The van der Waals surface area contributed by atoms with Crippen LogP contribution in [0.15, 0.2) is 58.3 Å². The highest BCUT2D eigenvalue weighted by atomic mass is 32.2. The van der Waals surface area contributed by atoms with Crippen molar-refractivity contribution >= 4 is 17.7 Å². The van der Waals surface area contributed by atoms with E-state index in [2.05, 4.69) is 25.2 Å². The van der Waals surface area contributed by atoms with Crippen molar-refractivity contribution in [1.82, 2.24) is 25.5 Å². The quantitative estimate of drug-likeness (QED) is 0.554. The van der Waals surface area contributed by atoms with Gasteiger partial charge >= 0.3 is 6.18 Å². The predicted molar refractivity (Wildman–Crippen MR) is 115 cm³/mol. The number of nitrogens with zero attached hydrogens (tertiary/aromatic N) is 4. The minimum atomic E-state index is -4.46. The van der Waals surface area contributed by atoms with E-state index in [1.54, 1.807) is 24.1 Å². The second-order valence-electron chi connectivity index (χ2n) is 7.76. The third-order valence-electron chi connectivity index (χ3n) is 5.47. The second-order valence-corrected chi connectivity index (χ2v) is 9.08. The topological polar surface area (TPSA) is 84.2 Å². The molecule has 11 heteroatoms. The molecule has 0 saturated carbocycles.